The second-order valence-corrected chi connectivity index (χ2v) is 2.79. The molecule has 2 radical (unpaired) electrons. The van der Waals surface area contributed by atoms with Crippen molar-refractivity contribution in [1.82, 2.24) is 0 Å². The van der Waals surface area contributed by atoms with Gasteiger partial charge >= 0.3 is 0 Å². The molecule has 0 saturated carbocycles. The molecule has 1 rings (SSSR count). The van der Waals surface area contributed by atoms with E-state index in [0.29, 0.717) is 0 Å². The summed E-state index contributed by atoms with van der Waals surface area (Å²) in [6.45, 7) is 1.47. The maximum Gasteiger partial charge on any atom is 0.112 e. The summed E-state index contributed by atoms with van der Waals surface area (Å²) in [6.07, 6.45) is -3.80. The highest BCUT2D eigenvalue weighted by Gasteiger charge is 2.41. The number of aliphatic hydroxyl groups is 3. The quantitative estimate of drug-likeness (QED) is 0.385. The van der Waals surface area contributed by atoms with E-state index in [1.807, 2.05) is 0 Å². The highest BCUT2D eigenvalue weighted by molar-refractivity contribution is 6.11. The normalized spacial score (nSPS) is 47.6. The Bertz CT molecular complexity index is 141. The maximum atomic E-state index is 9.18. The van der Waals surface area contributed by atoms with Crippen LogP contribution in [0.3, 0.4) is 0 Å². The molecule has 1 saturated heterocycles. The van der Waals surface area contributed by atoms with Gasteiger partial charge in [-0.3, -0.25) is 0 Å². The molecule has 1 aliphatic heterocycles. The first-order valence-corrected chi connectivity index (χ1v) is 3.49. The average Bonchev–Trinajstić information content (AvgIpc) is 2.17. The number of aliphatic hydroxyl groups excluding tert-OH is 3. The standard InChI is InChI=1S/C6H11BO4/c1-2(8)5-3(9)4(10)6(7)11-5/h2-6,8-10H,1H3/t2?,3?,4-,5+,6+/m0/s1. The fourth-order valence-electron chi connectivity index (χ4n) is 1.13. The van der Waals surface area contributed by atoms with Crippen LogP contribution in [0.15, 0.2) is 0 Å². The lowest BCUT2D eigenvalue weighted by Gasteiger charge is -2.16. The van der Waals surface area contributed by atoms with Crippen molar-refractivity contribution in [3.63, 3.8) is 0 Å². The van der Waals surface area contributed by atoms with Gasteiger partial charge < -0.3 is 20.1 Å². The van der Waals surface area contributed by atoms with E-state index >= 15 is 0 Å². The Morgan fingerprint density at radius 1 is 1.36 bits per heavy atom. The van der Waals surface area contributed by atoms with E-state index in [0.717, 1.165) is 0 Å². The van der Waals surface area contributed by atoms with Crippen molar-refractivity contribution in [2.45, 2.75) is 37.3 Å². The van der Waals surface area contributed by atoms with Gasteiger partial charge in [-0.25, -0.2) is 0 Å². The minimum atomic E-state index is -1.10. The highest BCUT2D eigenvalue weighted by Crippen LogP contribution is 2.21. The summed E-state index contributed by atoms with van der Waals surface area (Å²) in [5, 5.41) is 27.3. The molecule has 5 atom stereocenters. The van der Waals surface area contributed by atoms with Crippen molar-refractivity contribution in [2.75, 3.05) is 0 Å². The van der Waals surface area contributed by atoms with E-state index in [1.54, 1.807) is 0 Å². The Balaban J connectivity index is 2.59. The molecule has 4 nitrogen and oxygen atoms in total. The van der Waals surface area contributed by atoms with Gasteiger partial charge in [-0.15, -0.1) is 0 Å². The Kier molecular flexibility index (Phi) is 2.54. The lowest BCUT2D eigenvalue weighted by atomic mass is 9.93. The second kappa shape index (κ2) is 3.10. The van der Waals surface area contributed by atoms with Gasteiger partial charge in [0.2, 0.25) is 0 Å². The summed E-state index contributed by atoms with van der Waals surface area (Å²) in [4.78, 5) is 0. The molecule has 2 unspecified atom stereocenters. The summed E-state index contributed by atoms with van der Waals surface area (Å²) >= 11 is 0. The van der Waals surface area contributed by atoms with E-state index in [1.165, 1.54) is 6.92 Å². The number of hydrogen-bond donors (Lipinski definition) is 3. The molecule has 1 fully saturated rings. The van der Waals surface area contributed by atoms with Crippen molar-refractivity contribution < 1.29 is 20.1 Å². The third kappa shape index (κ3) is 1.56. The molecule has 0 amide bonds. The number of ether oxygens (including phenoxy) is 1. The summed E-state index contributed by atoms with van der Waals surface area (Å²) < 4.78 is 4.88. The van der Waals surface area contributed by atoms with Gasteiger partial charge in [-0.1, -0.05) is 0 Å². The Morgan fingerprint density at radius 3 is 2.09 bits per heavy atom. The fourth-order valence-corrected chi connectivity index (χ4v) is 1.13. The van der Waals surface area contributed by atoms with Gasteiger partial charge in [-0.2, -0.15) is 0 Å². The first-order valence-electron chi connectivity index (χ1n) is 3.49. The van der Waals surface area contributed by atoms with Crippen molar-refractivity contribution in [3.8, 4) is 0 Å². The van der Waals surface area contributed by atoms with Gasteiger partial charge in [0, 0.05) is 6.00 Å². The van der Waals surface area contributed by atoms with Crippen molar-refractivity contribution >= 4 is 7.85 Å². The lowest BCUT2D eigenvalue weighted by molar-refractivity contribution is -0.0468. The summed E-state index contributed by atoms with van der Waals surface area (Å²) in [6, 6.07) is -0.899. The smallest absolute Gasteiger partial charge is 0.112 e. The van der Waals surface area contributed by atoms with Crippen LogP contribution in [0.5, 0.6) is 0 Å². The van der Waals surface area contributed by atoms with Crippen molar-refractivity contribution in [2.24, 2.45) is 0 Å². The summed E-state index contributed by atoms with van der Waals surface area (Å²) in [5.74, 6) is 0. The predicted molar refractivity (Wildman–Crippen MR) is 38.1 cm³/mol. The van der Waals surface area contributed by atoms with E-state index in [9.17, 15) is 5.11 Å². The van der Waals surface area contributed by atoms with E-state index < -0.39 is 30.4 Å². The second-order valence-electron chi connectivity index (χ2n) is 2.79. The maximum absolute atomic E-state index is 9.18. The summed E-state index contributed by atoms with van der Waals surface area (Å²) in [5.41, 5.74) is 0. The average molecular weight is 158 g/mol. The molecule has 5 heteroatoms. The molecule has 1 aliphatic rings. The number of hydrogen-bond acceptors (Lipinski definition) is 4. The van der Waals surface area contributed by atoms with Crippen LogP contribution in [-0.2, 0) is 4.74 Å². The molecule has 0 aromatic heterocycles. The molecular weight excluding hydrogens is 147 g/mol. The van der Waals surface area contributed by atoms with E-state index in [4.69, 9.17) is 22.8 Å². The van der Waals surface area contributed by atoms with Crippen LogP contribution in [0.25, 0.3) is 0 Å². The first-order chi connectivity index (χ1) is 5.04. The fraction of sp³-hybridized carbons (Fsp3) is 1.00. The SMILES string of the molecule is [B][C@@H]1O[C@H](C(C)O)C(O)[C@@H]1O. The molecule has 0 bridgehead atoms. The van der Waals surface area contributed by atoms with Crippen LogP contribution in [0.4, 0.5) is 0 Å². The molecule has 3 N–H and O–H groups in total. The molecule has 0 aromatic rings. The molecular formula is C6H11BO4. The van der Waals surface area contributed by atoms with Gasteiger partial charge in [0.15, 0.2) is 0 Å². The summed E-state index contributed by atoms with van der Waals surface area (Å²) in [7, 11) is 5.25. The lowest BCUT2D eigenvalue weighted by Crippen LogP contribution is -2.37. The van der Waals surface area contributed by atoms with Crippen LogP contribution in [-0.4, -0.2) is 53.6 Å². The van der Waals surface area contributed by atoms with Gasteiger partial charge in [0.1, 0.15) is 20.1 Å². The number of rotatable bonds is 1. The minimum absolute atomic E-state index is 0.778. The Morgan fingerprint density at radius 2 is 1.91 bits per heavy atom. The van der Waals surface area contributed by atoms with Crippen LogP contribution in [0.2, 0.25) is 0 Å². The van der Waals surface area contributed by atoms with Crippen LogP contribution in [0.1, 0.15) is 6.92 Å². The minimum Gasteiger partial charge on any atom is -0.391 e. The van der Waals surface area contributed by atoms with Crippen LogP contribution >= 0.6 is 0 Å². The third-order valence-electron chi connectivity index (χ3n) is 1.81. The zero-order valence-corrected chi connectivity index (χ0v) is 6.21. The van der Waals surface area contributed by atoms with Crippen LogP contribution in [0, 0.1) is 0 Å². The van der Waals surface area contributed by atoms with Gasteiger partial charge in [-0.05, 0) is 6.92 Å². The van der Waals surface area contributed by atoms with Gasteiger partial charge in [0.25, 0.3) is 0 Å². The molecule has 62 valence electrons. The molecule has 0 spiro atoms. The zero-order chi connectivity index (χ0) is 8.59. The molecule has 1 heterocycles. The van der Waals surface area contributed by atoms with Crippen molar-refractivity contribution in [3.05, 3.63) is 0 Å². The third-order valence-corrected chi connectivity index (χ3v) is 1.81. The Hall–Kier alpha value is -0.0951. The Labute approximate surface area is 66.2 Å². The van der Waals surface area contributed by atoms with Crippen molar-refractivity contribution in [1.29, 1.82) is 0 Å². The topological polar surface area (TPSA) is 69.9 Å². The molecule has 0 aromatic carbocycles. The zero-order valence-electron chi connectivity index (χ0n) is 6.21. The van der Waals surface area contributed by atoms with Gasteiger partial charge in [0.05, 0.1) is 12.2 Å². The largest absolute Gasteiger partial charge is 0.391 e. The predicted octanol–water partition coefficient (Wildman–Crippen LogP) is -2.02. The van der Waals surface area contributed by atoms with E-state index in [-0.39, 0.29) is 0 Å². The molecule has 0 aliphatic carbocycles. The van der Waals surface area contributed by atoms with Crippen LogP contribution < -0.4 is 0 Å². The van der Waals surface area contributed by atoms with E-state index in [2.05, 4.69) is 0 Å². The highest BCUT2D eigenvalue weighted by atomic mass is 16.5. The monoisotopic (exact) mass is 158 g/mol. The molecule has 11 heavy (non-hydrogen) atoms. The first kappa shape index (κ1) is 9.00.